The number of carbonyl (C=O) groups excluding carboxylic acids is 1. The molecule has 1 aromatic rings. The van der Waals surface area contributed by atoms with E-state index in [0.29, 0.717) is 0 Å². The van der Waals surface area contributed by atoms with Crippen molar-refractivity contribution in [2.45, 2.75) is 25.7 Å². The molecular weight excluding hydrogens is 172 g/mol. The van der Waals surface area contributed by atoms with Crippen LogP contribution < -0.4 is 0 Å². The summed E-state index contributed by atoms with van der Waals surface area (Å²) >= 11 is 0. The van der Waals surface area contributed by atoms with E-state index >= 15 is 0 Å². The maximum Gasteiger partial charge on any atom is 0.206 e. The van der Waals surface area contributed by atoms with E-state index in [0.717, 1.165) is 18.4 Å². The minimum atomic E-state index is -0.112. The molecule has 1 radical (unpaired) electrons. The van der Waals surface area contributed by atoms with Crippen LogP contribution in [0.5, 0.6) is 0 Å². The van der Waals surface area contributed by atoms with Gasteiger partial charge in [-0.1, -0.05) is 49.4 Å². The number of allylic oxidation sites excluding steroid dienone is 2. The molecule has 0 amide bonds. The third-order valence-electron chi connectivity index (χ3n) is 2.12. The largest absolute Gasteiger partial charge is 0.290 e. The van der Waals surface area contributed by atoms with Crippen molar-refractivity contribution in [3.8, 4) is 0 Å². The first-order valence-electron chi connectivity index (χ1n) is 4.96. The van der Waals surface area contributed by atoms with Gasteiger partial charge in [-0.2, -0.15) is 0 Å². The Hall–Kier alpha value is -1.37. The number of hydrogen-bond acceptors (Lipinski definition) is 1. The highest BCUT2D eigenvalue weighted by atomic mass is 16.1. The summed E-state index contributed by atoms with van der Waals surface area (Å²) in [5.41, 5.74) is 1.04. The van der Waals surface area contributed by atoms with E-state index in [4.69, 9.17) is 0 Å². The van der Waals surface area contributed by atoms with Gasteiger partial charge in [0.1, 0.15) is 0 Å². The fourth-order valence-corrected chi connectivity index (χ4v) is 1.34. The molecule has 14 heavy (non-hydrogen) atoms. The van der Waals surface area contributed by atoms with E-state index < -0.39 is 0 Å². The Kier molecular flexibility index (Phi) is 4.70. The Bertz CT molecular complexity index is 287. The summed E-state index contributed by atoms with van der Waals surface area (Å²) < 4.78 is 0. The molecule has 0 bridgehead atoms. The fraction of sp³-hybridized carbons (Fsp3) is 0.308. The molecule has 0 N–H and O–H groups in total. The highest BCUT2D eigenvalue weighted by Crippen LogP contribution is 2.17. The van der Waals surface area contributed by atoms with Gasteiger partial charge in [0, 0.05) is 0 Å². The smallest absolute Gasteiger partial charge is 0.206 e. The molecule has 0 spiro atoms. The van der Waals surface area contributed by atoms with Crippen molar-refractivity contribution < 1.29 is 4.79 Å². The SMILES string of the molecule is CC/C=C/CC([C]=O)c1ccccc1. The van der Waals surface area contributed by atoms with Gasteiger partial charge in [0.2, 0.25) is 6.29 Å². The molecule has 1 unspecified atom stereocenters. The van der Waals surface area contributed by atoms with Crippen LogP contribution in [0.2, 0.25) is 0 Å². The van der Waals surface area contributed by atoms with Crippen LogP contribution in [0, 0.1) is 0 Å². The van der Waals surface area contributed by atoms with Crippen molar-refractivity contribution in [1.29, 1.82) is 0 Å². The van der Waals surface area contributed by atoms with E-state index in [1.807, 2.05) is 36.4 Å². The molecule has 0 aliphatic carbocycles. The third kappa shape index (κ3) is 3.17. The van der Waals surface area contributed by atoms with Crippen molar-refractivity contribution in [2.75, 3.05) is 0 Å². The summed E-state index contributed by atoms with van der Waals surface area (Å²) in [6.45, 7) is 2.08. The van der Waals surface area contributed by atoms with Crippen LogP contribution >= 0.6 is 0 Å². The Morgan fingerprint density at radius 2 is 2.00 bits per heavy atom. The maximum atomic E-state index is 10.7. The lowest BCUT2D eigenvalue weighted by Gasteiger charge is -2.05. The molecule has 0 saturated carbocycles. The molecule has 1 rings (SSSR count). The normalized spacial score (nSPS) is 12.9. The van der Waals surface area contributed by atoms with E-state index in [-0.39, 0.29) is 5.92 Å². The molecule has 0 aliphatic rings. The summed E-state index contributed by atoms with van der Waals surface area (Å²) in [6.07, 6.45) is 7.96. The second kappa shape index (κ2) is 6.14. The van der Waals surface area contributed by atoms with Gasteiger partial charge in [-0.25, -0.2) is 0 Å². The molecule has 0 aliphatic heterocycles. The second-order valence-corrected chi connectivity index (χ2v) is 3.20. The van der Waals surface area contributed by atoms with Crippen LogP contribution in [-0.2, 0) is 4.79 Å². The number of rotatable bonds is 5. The third-order valence-corrected chi connectivity index (χ3v) is 2.12. The van der Waals surface area contributed by atoms with Gasteiger partial charge in [-0.15, -0.1) is 0 Å². The minimum Gasteiger partial charge on any atom is -0.290 e. The predicted octanol–water partition coefficient (Wildman–Crippen LogP) is 3.24. The average molecular weight is 187 g/mol. The molecule has 0 heterocycles. The topological polar surface area (TPSA) is 17.1 Å². The quantitative estimate of drug-likeness (QED) is 0.647. The summed E-state index contributed by atoms with van der Waals surface area (Å²) in [4.78, 5) is 10.7. The molecule has 1 aromatic carbocycles. The first-order chi connectivity index (χ1) is 6.88. The summed E-state index contributed by atoms with van der Waals surface area (Å²) in [5, 5.41) is 0. The first-order valence-corrected chi connectivity index (χ1v) is 4.96. The molecule has 1 nitrogen and oxygen atoms in total. The first kappa shape index (κ1) is 10.7. The zero-order valence-corrected chi connectivity index (χ0v) is 8.44. The van der Waals surface area contributed by atoms with Crippen molar-refractivity contribution >= 4 is 6.29 Å². The van der Waals surface area contributed by atoms with Crippen molar-refractivity contribution in [2.24, 2.45) is 0 Å². The predicted molar refractivity (Wildman–Crippen MR) is 58.9 cm³/mol. The van der Waals surface area contributed by atoms with Crippen LogP contribution in [0.4, 0.5) is 0 Å². The van der Waals surface area contributed by atoms with E-state index in [1.54, 1.807) is 0 Å². The van der Waals surface area contributed by atoms with Crippen LogP contribution in [0.25, 0.3) is 0 Å². The number of benzene rings is 1. The zero-order chi connectivity index (χ0) is 10.2. The Labute approximate surface area is 85.5 Å². The van der Waals surface area contributed by atoms with Crippen LogP contribution in [0.15, 0.2) is 42.5 Å². The summed E-state index contributed by atoms with van der Waals surface area (Å²) in [6, 6.07) is 9.78. The van der Waals surface area contributed by atoms with E-state index in [9.17, 15) is 4.79 Å². The zero-order valence-electron chi connectivity index (χ0n) is 8.44. The van der Waals surface area contributed by atoms with Crippen LogP contribution in [0.1, 0.15) is 31.2 Å². The molecule has 0 saturated heterocycles. The molecule has 1 atom stereocenters. The lowest BCUT2D eigenvalue weighted by Crippen LogP contribution is -1.97. The van der Waals surface area contributed by atoms with Crippen molar-refractivity contribution in [3.63, 3.8) is 0 Å². The van der Waals surface area contributed by atoms with E-state index in [2.05, 4.69) is 19.3 Å². The minimum absolute atomic E-state index is 0.112. The van der Waals surface area contributed by atoms with Gasteiger partial charge in [0.15, 0.2) is 0 Å². The molecule has 1 heteroatoms. The van der Waals surface area contributed by atoms with Gasteiger partial charge in [0.25, 0.3) is 0 Å². The van der Waals surface area contributed by atoms with Gasteiger partial charge in [-0.3, -0.25) is 4.79 Å². The lowest BCUT2D eigenvalue weighted by molar-refractivity contribution is 0.543. The second-order valence-electron chi connectivity index (χ2n) is 3.20. The van der Waals surface area contributed by atoms with Gasteiger partial charge in [0.05, 0.1) is 5.92 Å². The highest BCUT2D eigenvalue weighted by Gasteiger charge is 2.07. The maximum absolute atomic E-state index is 10.7. The van der Waals surface area contributed by atoms with Gasteiger partial charge < -0.3 is 0 Å². The Morgan fingerprint density at radius 3 is 2.57 bits per heavy atom. The van der Waals surface area contributed by atoms with Crippen molar-refractivity contribution in [1.82, 2.24) is 0 Å². The molecule has 0 aromatic heterocycles. The lowest BCUT2D eigenvalue weighted by atomic mass is 9.97. The molecular formula is C13H15O. The molecule has 0 fully saturated rings. The van der Waals surface area contributed by atoms with Gasteiger partial charge in [-0.05, 0) is 18.4 Å². The standard InChI is InChI=1S/C13H15O/c1-2-3-5-10-13(11-14)12-8-6-4-7-9-12/h3-9,13H,2,10H2,1H3/b5-3+. The van der Waals surface area contributed by atoms with Crippen molar-refractivity contribution in [3.05, 3.63) is 48.0 Å². The Morgan fingerprint density at radius 1 is 1.29 bits per heavy atom. The highest BCUT2D eigenvalue weighted by molar-refractivity contribution is 5.63. The Balaban J connectivity index is 2.63. The average Bonchev–Trinajstić information content (AvgIpc) is 2.26. The van der Waals surface area contributed by atoms with Crippen LogP contribution in [0.3, 0.4) is 0 Å². The van der Waals surface area contributed by atoms with Gasteiger partial charge >= 0.3 is 0 Å². The fourth-order valence-electron chi connectivity index (χ4n) is 1.34. The van der Waals surface area contributed by atoms with E-state index in [1.165, 1.54) is 0 Å². The summed E-state index contributed by atoms with van der Waals surface area (Å²) in [7, 11) is 0. The molecule has 73 valence electrons. The van der Waals surface area contributed by atoms with Crippen LogP contribution in [-0.4, -0.2) is 6.29 Å². The monoisotopic (exact) mass is 187 g/mol. The summed E-state index contributed by atoms with van der Waals surface area (Å²) in [5.74, 6) is -0.112. The number of hydrogen-bond donors (Lipinski definition) is 0.